The lowest BCUT2D eigenvalue weighted by Crippen LogP contribution is -2.42. The molecule has 0 amide bonds. The van der Waals surface area contributed by atoms with Crippen molar-refractivity contribution in [3.05, 3.63) is 65.7 Å². The van der Waals surface area contributed by atoms with Gasteiger partial charge in [0.25, 0.3) is 0 Å². The van der Waals surface area contributed by atoms with Gasteiger partial charge in [0.05, 0.1) is 0 Å². The lowest BCUT2D eigenvalue weighted by molar-refractivity contribution is 0.135. The molecule has 0 saturated carbocycles. The van der Waals surface area contributed by atoms with Crippen molar-refractivity contribution in [3.63, 3.8) is 0 Å². The van der Waals surface area contributed by atoms with Gasteiger partial charge < -0.3 is 10.1 Å². The van der Waals surface area contributed by atoms with E-state index in [0.29, 0.717) is 12.3 Å². The molecule has 4 heteroatoms. The third kappa shape index (κ3) is 3.28. The number of pyridine rings is 1. The molecule has 1 aromatic carbocycles. The number of hydrogen-bond acceptors (Lipinski definition) is 3. The monoisotopic (exact) mass is 284 g/mol. The van der Waals surface area contributed by atoms with Crippen molar-refractivity contribution in [1.29, 1.82) is 0 Å². The van der Waals surface area contributed by atoms with Gasteiger partial charge in [0.2, 0.25) is 0 Å². The van der Waals surface area contributed by atoms with Crippen molar-refractivity contribution in [2.75, 3.05) is 6.54 Å². The van der Waals surface area contributed by atoms with Crippen molar-refractivity contribution < 1.29 is 9.13 Å². The lowest BCUT2D eigenvalue weighted by Gasteiger charge is -2.32. The summed E-state index contributed by atoms with van der Waals surface area (Å²) in [5.41, 5.74) is 1.52. The van der Waals surface area contributed by atoms with E-state index in [1.54, 1.807) is 18.5 Å². The maximum Gasteiger partial charge on any atom is 0.137 e. The first kappa shape index (κ1) is 13.8. The molecular formula is C17H17FN2O. The maximum absolute atomic E-state index is 13.2. The number of fused-ring (bicyclic) bond motifs is 1. The van der Waals surface area contributed by atoms with Crippen molar-refractivity contribution >= 4 is 6.08 Å². The predicted molar refractivity (Wildman–Crippen MR) is 80.4 cm³/mol. The minimum atomic E-state index is -0.433. The van der Waals surface area contributed by atoms with E-state index in [0.717, 1.165) is 12.1 Å². The largest absolute Gasteiger partial charge is 0.482 e. The highest BCUT2D eigenvalue weighted by atomic mass is 19.1. The quantitative estimate of drug-likeness (QED) is 0.936. The van der Waals surface area contributed by atoms with Gasteiger partial charge in [-0.15, -0.1) is 0 Å². The van der Waals surface area contributed by atoms with Gasteiger partial charge in [0, 0.05) is 31.0 Å². The Morgan fingerprint density at radius 1 is 1.24 bits per heavy atom. The van der Waals surface area contributed by atoms with Gasteiger partial charge in [-0.3, -0.25) is 4.98 Å². The van der Waals surface area contributed by atoms with E-state index in [-0.39, 0.29) is 5.82 Å². The van der Waals surface area contributed by atoms with Crippen molar-refractivity contribution in [1.82, 2.24) is 10.3 Å². The van der Waals surface area contributed by atoms with Crippen LogP contribution >= 0.6 is 0 Å². The van der Waals surface area contributed by atoms with Crippen LogP contribution in [0.4, 0.5) is 4.39 Å². The van der Waals surface area contributed by atoms with Crippen LogP contribution in [0.5, 0.6) is 5.75 Å². The van der Waals surface area contributed by atoms with E-state index in [1.807, 2.05) is 31.2 Å². The van der Waals surface area contributed by atoms with Crippen LogP contribution < -0.4 is 10.1 Å². The Morgan fingerprint density at radius 2 is 2.05 bits per heavy atom. The van der Waals surface area contributed by atoms with E-state index >= 15 is 0 Å². The number of benzene rings is 1. The summed E-state index contributed by atoms with van der Waals surface area (Å²) in [7, 11) is 0. The van der Waals surface area contributed by atoms with Crippen LogP contribution in [0.2, 0.25) is 0 Å². The van der Waals surface area contributed by atoms with Gasteiger partial charge in [-0.25, -0.2) is 4.39 Å². The second-order valence-corrected chi connectivity index (χ2v) is 5.39. The minimum absolute atomic E-state index is 0.249. The molecule has 1 aliphatic heterocycles. The van der Waals surface area contributed by atoms with Gasteiger partial charge in [0.15, 0.2) is 0 Å². The zero-order valence-corrected chi connectivity index (χ0v) is 11.8. The van der Waals surface area contributed by atoms with Crippen molar-refractivity contribution in [2.24, 2.45) is 0 Å². The van der Waals surface area contributed by atoms with Crippen molar-refractivity contribution in [2.45, 2.75) is 19.1 Å². The summed E-state index contributed by atoms with van der Waals surface area (Å²) < 4.78 is 19.2. The van der Waals surface area contributed by atoms with Gasteiger partial charge >= 0.3 is 0 Å². The fourth-order valence-electron chi connectivity index (χ4n) is 2.34. The van der Waals surface area contributed by atoms with Crippen LogP contribution in [0.3, 0.4) is 0 Å². The van der Waals surface area contributed by atoms with Gasteiger partial charge in [-0.2, -0.15) is 0 Å². The second-order valence-electron chi connectivity index (χ2n) is 5.39. The number of nitrogens with zero attached hydrogens (tertiary/aromatic N) is 1. The first-order valence-corrected chi connectivity index (χ1v) is 6.92. The molecule has 1 aliphatic rings. The van der Waals surface area contributed by atoms with Gasteiger partial charge in [-0.1, -0.05) is 6.08 Å². The van der Waals surface area contributed by atoms with Crippen LogP contribution in [0, 0.1) is 5.82 Å². The topological polar surface area (TPSA) is 34.2 Å². The molecule has 1 N–H and O–H groups in total. The first-order valence-electron chi connectivity index (χ1n) is 6.92. The molecule has 1 aromatic heterocycles. The fourth-order valence-corrected chi connectivity index (χ4v) is 2.34. The average molecular weight is 284 g/mol. The Labute approximate surface area is 123 Å². The van der Waals surface area contributed by atoms with Crippen LogP contribution in [-0.4, -0.2) is 17.1 Å². The molecular weight excluding hydrogens is 267 g/mol. The third-order valence-corrected chi connectivity index (χ3v) is 3.48. The number of ether oxygens (including phenoxy) is 1. The van der Waals surface area contributed by atoms with Gasteiger partial charge in [0.1, 0.15) is 17.2 Å². The Balaban J connectivity index is 1.63. The van der Waals surface area contributed by atoms with Crippen LogP contribution in [0.15, 0.2) is 48.8 Å². The highest BCUT2D eigenvalue weighted by Crippen LogP contribution is 2.31. The molecule has 2 aromatic rings. The summed E-state index contributed by atoms with van der Waals surface area (Å²) in [5, 5.41) is 3.38. The summed E-state index contributed by atoms with van der Waals surface area (Å²) in [6, 6.07) is 8.53. The Hall–Kier alpha value is -2.20. The molecule has 108 valence electrons. The summed E-state index contributed by atoms with van der Waals surface area (Å²) in [6.45, 7) is 3.43. The Kier molecular flexibility index (Phi) is 3.71. The number of rotatable bonds is 4. The zero-order valence-electron chi connectivity index (χ0n) is 11.8. The normalized spacial score (nSPS) is 19.9. The molecule has 3 nitrogen and oxygen atoms in total. The van der Waals surface area contributed by atoms with E-state index in [2.05, 4.69) is 10.3 Å². The summed E-state index contributed by atoms with van der Waals surface area (Å²) in [4.78, 5) is 3.99. The van der Waals surface area contributed by atoms with Crippen LogP contribution in [-0.2, 0) is 6.54 Å². The molecule has 0 fully saturated rings. The second kappa shape index (κ2) is 5.66. The molecule has 0 bridgehead atoms. The number of halogens is 1. The zero-order chi connectivity index (χ0) is 14.7. The van der Waals surface area contributed by atoms with Crippen LogP contribution in [0.25, 0.3) is 6.08 Å². The van der Waals surface area contributed by atoms with E-state index in [4.69, 9.17) is 4.74 Å². The van der Waals surface area contributed by atoms with E-state index < -0.39 is 5.60 Å². The first-order chi connectivity index (χ1) is 10.1. The average Bonchev–Trinajstić information content (AvgIpc) is 2.49. The SMILES string of the molecule is CC1(CNCc2ccncc2)C=Cc2cc(F)ccc2O1. The smallest absolute Gasteiger partial charge is 0.137 e. The molecule has 0 saturated heterocycles. The Morgan fingerprint density at radius 3 is 2.86 bits per heavy atom. The molecule has 0 radical (unpaired) electrons. The highest BCUT2D eigenvalue weighted by Gasteiger charge is 2.27. The molecule has 0 spiro atoms. The number of hydrogen-bond donors (Lipinski definition) is 1. The number of nitrogens with one attached hydrogen (secondary N) is 1. The number of aromatic nitrogens is 1. The maximum atomic E-state index is 13.2. The lowest BCUT2D eigenvalue weighted by atomic mass is 10.00. The predicted octanol–water partition coefficient (Wildman–Crippen LogP) is 3.17. The minimum Gasteiger partial charge on any atom is -0.482 e. The highest BCUT2D eigenvalue weighted by molar-refractivity contribution is 5.61. The Bertz CT molecular complexity index is 657. The molecule has 1 atom stereocenters. The van der Waals surface area contributed by atoms with Crippen molar-refractivity contribution in [3.8, 4) is 5.75 Å². The molecule has 2 heterocycles. The standard InChI is InChI=1S/C17H17FN2O/c1-17(12-20-11-13-5-8-19-9-6-13)7-4-14-10-15(18)2-3-16(14)21-17/h2-10,20H,11-12H2,1H3. The summed E-state index contributed by atoms with van der Waals surface area (Å²) in [5.74, 6) is 0.466. The fraction of sp³-hybridized carbons (Fsp3) is 0.235. The molecule has 0 aliphatic carbocycles. The summed E-state index contributed by atoms with van der Waals surface area (Å²) in [6.07, 6.45) is 7.44. The molecule has 3 rings (SSSR count). The molecule has 1 unspecified atom stereocenters. The summed E-state index contributed by atoms with van der Waals surface area (Å²) >= 11 is 0. The van der Waals surface area contributed by atoms with E-state index in [9.17, 15) is 4.39 Å². The van der Waals surface area contributed by atoms with E-state index in [1.165, 1.54) is 17.7 Å². The van der Waals surface area contributed by atoms with Crippen LogP contribution in [0.1, 0.15) is 18.1 Å². The third-order valence-electron chi connectivity index (χ3n) is 3.48. The molecule has 21 heavy (non-hydrogen) atoms. The van der Waals surface area contributed by atoms with Gasteiger partial charge in [-0.05, 0) is 48.9 Å².